The number of esters is 1. The van der Waals surface area contributed by atoms with Crippen molar-refractivity contribution in [3.63, 3.8) is 0 Å². The number of thioether (sulfide) groups is 1. The normalized spacial score (nSPS) is 17.7. The molecule has 2 atom stereocenters. The second-order valence-electron chi connectivity index (χ2n) is 7.22. The van der Waals surface area contributed by atoms with Crippen LogP contribution in [0.4, 0.5) is 0 Å². The van der Waals surface area contributed by atoms with Crippen molar-refractivity contribution in [3.05, 3.63) is 80.8 Å². The van der Waals surface area contributed by atoms with E-state index >= 15 is 0 Å². The third kappa shape index (κ3) is 5.33. The lowest BCUT2D eigenvalue weighted by atomic mass is 9.78. The lowest BCUT2D eigenvalue weighted by Gasteiger charge is -2.30. The molecule has 1 N–H and O–H groups in total. The van der Waals surface area contributed by atoms with E-state index in [0.29, 0.717) is 21.7 Å². The number of rotatable bonds is 7. The number of methoxy groups -OCH3 is 1. The van der Waals surface area contributed by atoms with Crippen molar-refractivity contribution in [2.45, 2.75) is 12.8 Å². The molecule has 33 heavy (non-hydrogen) atoms. The Morgan fingerprint density at radius 3 is 2.42 bits per heavy atom. The monoisotopic (exact) mass is 482 g/mol. The predicted molar refractivity (Wildman–Crippen MR) is 124 cm³/mol. The number of nitrogens with zero attached hydrogens (tertiary/aromatic N) is 1. The Balaban J connectivity index is 1.95. The van der Waals surface area contributed by atoms with E-state index in [9.17, 15) is 24.4 Å². The Kier molecular flexibility index (Phi) is 7.69. The molecule has 0 bridgehead atoms. The summed E-state index contributed by atoms with van der Waals surface area (Å²) >= 11 is 6.95. The van der Waals surface area contributed by atoms with Gasteiger partial charge in [-0.15, -0.1) is 0 Å². The molecule has 168 valence electrons. The highest BCUT2D eigenvalue weighted by Gasteiger charge is 2.44. The lowest BCUT2D eigenvalue weighted by Crippen LogP contribution is -2.44. The van der Waals surface area contributed by atoms with Gasteiger partial charge >= 0.3 is 5.97 Å². The molecule has 7 nitrogen and oxygen atoms in total. The van der Waals surface area contributed by atoms with Gasteiger partial charge < -0.3 is 10.1 Å². The number of carbonyl (C=O) groups is 4. The zero-order valence-electron chi connectivity index (χ0n) is 17.8. The van der Waals surface area contributed by atoms with Gasteiger partial charge in [0.2, 0.25) is 5.91 Å². The SMILES string of the molecule is COC(=O)[C@@H]1C(=O)NC(SCC(=O)c2cccc(C(C)=O)c2)=C(C#N)[C@H]1c1ccc(Cl)cc1. The van der Waals surface area contributed by atoms with Crippen molar-refractivity contribution in [3.8, 4) is 6.07 Å². The third-order valence-corrected chi connectivity index (χ3v) is 6.42. The highest BCUT2D eigenvalue weighted by Crippen LogP contribution is 2.40. The summed E-state index contributed by atoms with van der Waals surface area (Å²) in [5.41, 5.74) is 1.44. The summed E-state index contributed by atoms with van der Waals surface area (Å²) in [5, 5.41) is 13.1. The number of nitriles is 1. The zero-order chi connectivity index (χ0) is 24.1. The van der Waals surface area contributed by atoms with E-state index in [1.165, 1.54) is 20.1 Å². The molecular formula is C24H19ClN2O5S. The number of ketones is 2. The maximum atomic E-state index is 12.8. The first-order valence-corrected chi connectivity index (χ1v) is 11.2. The molecule has 2 aromatic carbocycles. The first kappa shape index (κ1) is 24.2. The molecule has 0 spiro atoms. The number of benzene rings is 2. The van der Waals surface area contributed by atoms with Crippen molar-refractivity contribution in [1.82, 2.24) is 5.32 Å². The summed E-state index contributed by atoms with van der Waals surface area (Å²) in [4.78, 5) is 49.5. The van der Waals surface area contributed by atoms with Gasteiger partial charge in [-0.3, -0.25) is 19.2 Å². The van der Waals surface area contributed by atoms with Crippen LogP contribution in [0.25, 0.3) is 0 Å². The van der Waals surface area contributed by atoms with Gasteiger partial charge in [0.1, 0.15) is 5.92 Å². The lowest BCUT2D eigenvalue weighted by molar-refractivity contribution is -0.150. The second-order valence-corrected chi connectivity index (χ2v) is 8.64. The van der Waals surface area contributed by atoms with E-state index < -0.39 is 23.7 Å². The quantitative estimate of drug-likeness (QED) is 0.361. The van der Waals surface area contributed by atoms with Gasteiger partial charge in [0.15, 0.2) is 11.6 Å². The average molecular weight is 483 g/mol. The molecule has 1 heterocycles. The largest absolute Gasteiger partial charge is 0.468 e. The first-order chi connectivity index (χ1) is 15.8. The third-order valence-electron chi connectivity index (χ3n) is 5.15. The van der Waals surface area contributed by atoms with E-state index in [1.54, 1.807) is 42.5 Å². The molecule has 0 saturated heterocycles. The Hall–Kier alpha value is -3.41. The molecule has 1 aliphatic rings. The summed E-state index contributed by atoms with van der Waals surface area (Å²) in [6.07, 6.45) is 0. The number of Topliss-reactive ketones (excluding diaryl/α,β-unsaturated/α-hetero) is 2. The number of carbonyl (C=O) groups excluding carboxylic acids is 4. The van der Waals surface area contributed by atoms with Crippen molar-refractivity contribution in [2.75, 3.05) is 12.9 Å². The highest BCUT2D eigenvalue weighted by molar-refractivity contribution is 8.03. The van der Waals surface area contributed by atoms with E-state index in [4.69, 9.17) is 16.3 Å². The van der Waals surface area contributed by atoms with Crippen LogP contribution in [0.5, 0.6) is 0 Å². The van der Waals surface area contributed by atoms with Crippen LogP contribution in [0.2, 0.25) is 5.02 Å². The van der Waals surface area contributed by atoms with Crippen LogP contribution in [0.1, 0.15) is 39.1 Å². The molecule has 2 aromatic rings. The zero-order valence-corrected chi connectivity index (χ0v) is 19.3. The second kappa shape index (κ2) is 10.5. The van der Waals surface area contributed by atoms with Crippen LogP contribution in [-0.4, -0.2) is 36.3 Å². The molecule has 9 heteroatoms. The maximum absolute atomic E-state index is 12.8. The maximum Gasteiger partial charge on any atom is 0.319 e. The molecule has 0 unspecified atom stereocenters. The van der Waals surface area contributed by atoms with Crippen molar-refractivity contribution in [2.24, 2.45) is 5.92 Å². The van der Waals surface area contributed by atoms with E-state index in [-0.39, 0.29) is 27.9 Å². The molecule has 0 aromatic heterocycles. The Labute approximate surface area is 199 Å². The molecule has 3 rings (SSSR count). The van der Waals surface area contributed by atoms with Crippen molar-refractivity contribution in [1.29, 1.82) is 5.26 Å². The predicted octanol–water partition coefficient (Wildman–Crippen LogP) is 3.90. The smallest absolute Gasteiger partial charge is 0.319 e. The molecule has 0 saturated carbocycles. The number of ether oxygens (including phenoxy) is 1. The minimum absolute atomic E-state index is 0.0849. The van der Waals surface area contributed by atoms with Gasteiger partial charge in [0.05, 0.1) is 29.5 Å². The number of halogens is 1. The summed E-state index contributed by atoms with van der Waals surface area (Å²) < 4.78 is 4.80. The molecule has 0 fully saturated rings. The van der Waals surface area contributed by atoms with Gasteiger partial charge in [-0.25, -0.2) is 0 Å². The summed E-state index contributed by atoms with van der Waals surface area (Å²) in [5.74, 6) is -4.09. The molecule has 0 radical (unpaired) electrons. The van der Waals surface area contributed by atoms with Crippen LogP contribution < -0.4 is 5.32 Å². The molecular weight excluding hydrogens is 464 g/mol. The van der Waals surface area contributed by atoms with Gasteiger partial charge in [0.25, 0.3) is 0 Å². The van der Waals surface area contributed by atoms with Crippen molar-refractivity contribution < 1.29 is 23.9 Å². The van der Waals surface area contributed by atoms with E-state index in [1.807, 2.05) is 0 Å². The van der Waals surface area contributed by atoms with Gasteiger partial charge in [-0.2, -0.15) is 5.26 Å². The fourth-order valence-corrected chi connectivity index (χ4v) is 4.55. The van der Waals surface area contributed by atoms with Crippen LogP contribution in [-0.2, 0) is 14.3 Å². The van der Waals surface area contributed by atoms with Gasteiger partial charge in [0, 0.05) is 22.1 Å². The minimum Gasteiger partial charge on any atom is -0.468 e. The Bertz CT molecular complexity index is 1200. The number of hydrogen-bond donors (Lipinski definition) is 1. The summed E-state index contributed by atoms with van der Waals surface area (Å²) in [6.45, 7) is 1.41. The summed E-state index contributed by atoms with van der Waals surface area (Å²) in [6, 6.07) is 14.9. The Morgan fingerprint density at radius 1 is 1.15 bits per heavy atom. The molecule has 0 aliphatic carbocycles. The van der Waals surface area contributed by atoms with E-state index in [2.05, 4.69) is 11.4 Å². The number of nitrogens with one attached hydrogen (secondary N) is 1. The van der Waals surface area contributed by atoms with E-state index in [0.717, 1.165) is 11.8 Å². The topological polar surface area (TPSA) is 113 Å². The average Bonchev–Trinajstić information content (AvgIpc) is 2.82. The standard InChI is InChI=1S/C24H19ClN2O5S/c1-13(28)15-4-3-5-16(10-15)19(29)12-33-23-18(11-26)20(14-6-8-17(25)9-7-14)21(22(30)27-23)24(31)32-2/h3-10,20-21H,12H2,1-2H3,(H,27,30)/t20-,21+/m1/s1. The number of amides is 1. The van der Waals surface area contributed by atoms with Gasteiger partial charge in [-0.1, -0.05) is 53.7 Å². The highest BCUT2D eigenvalue weighted by atomic mass is 35.5. The first-order valence-electron chi connectivity index (χ1n) is 9.82. The number of hydrogen-bond acceptors (Lipinski definition) is 7. The fraction of sp³-hybridized carbons (Fsp3) is 0.208. The van der Waals surface area contributed by atoms with Crippen LogP contribution in [0.15, 0.2) is 59.1 Å². The van der Waals surface area contributed by atoms with Crippen LogP contribution in [0, 0.1) is 17.2 Å². The van der Waals surface area contributed by atoms with Crippen molar-refractivity contribution >= 4 is 46.8 Å². The summed E-state index contributed by atoms with van der Waals surface area (Å²) in [7, 11) is 1.17. The molecule has 1 aliphatic heterocycles. The van der Waals surface area contributed by atoms with Crippen LogP contribution in [0.3, 0.4) is 0 Å². The van der Waals surface area contributed by atoms with Gasteiger partial charge in [-0.05, 0) is 30.7 Å². The minimum atomic E-state index is -1.27. The van der Waals surface area contributed by atoms with Crippen LogP contribution >= 0.6 is 23.4 Å². The number of allylic oxidation sites excluding steroid dienone is 1. The Morgan fingerprint density at radius 2 is 1.82 bits per heavy atom. The fourth-order valence-electron chi connectivity index (χ4n) is 3.48. The molecule has 1 amide bonds.